The second kappa shape index (κ2) is 54.9. The molecule has 0 fully saturated rings. The lowest BCUT2D eigenvalue weighted by Gasteiger charge is -2.18. The maximum Gasteiger partial charge on any atom is 0.306 e. The van der Waals surface area contributed by atoms with Gasteiger partial charge < -0.3 is 14.2 Å². The van der Waals surface area contributed by atoms with Gasteiger partial charge in [0.1, 0.15) is 13.2 Å². The molecule has 380 valence electrons. The van der Waals surface area contributed by atoms with Crippen LogP contribution >= 0.6 is 0 Å². The van der Waals surface area contributed by atoms with Gasteiger partial charge >= 0.3 is 17.9 Å². The van der Waals surface area contributed by atoms with E-state index in [1.807, 2.05) is 0 Å². The largest absolute Gasteiger partial charge is 0.462 e. The molecule has 0 aliphatic rings. The lowest BCUT2D eigenvalue weighted by Crippen LogP contribution is -2.30. The molecule has 1 atom stereocenters. The predicted molar refractivity (Wildman–Crippen MR) is 292 cm³/mol. The Balaban J connectivity index is 4.53. The lowest BCUT2D eigenvalue weighted by atomic mass is 10.1. The van der Waals surface area contributed by atoms with E-state index >= 15 is 0 Å². The minimum Gasteiger partial charge on any atom is -0.462 e. The van der Waals surface area contributed by atoms with Crippen LogP contribution in [0.4, 0.5) is 0 Å². The first-order valence-corrected chi connectivity index (χ1v) is 26.8. The van der Waals surface area contributed by atoms with Crippen molar-refractivity contribution in [2.75, 3.05) is 13.2 Å². The summed E-state index contributed by atoms with van der Waals surface area (Å²) in [4.78, 5) is 38.0. The van der Waals surface area contributed by atoms with Gasteiger partial charge in [0.15, 0.2) is 6.10 Å². The van der Waals surface area contributed by atoms with E-state index in [0.717, 1.165) is 148 Å². The van der Waals surface area contributed by atoms with Crippen LogP contribution in [-0.4, -0.2) is 37.2 Å². The van der Waals surface area contributed by atoms with Crippen LogP contribution in [0.25, 0.3) is 0 Å². The fraction of sp³-hybridized carbons (Fsp3) is 0.565. The summed E-state index contributed by atoms with van der Waals surface area (Å²) < 4.78 is 16.7. The van der Waals surface area contributed by atoms with Crippen molar-refractivity contribution < 1.29 is 28.6 Å². The van der Waals surface area contributed by atoms with Crippen molar-refractivity contribution in [1.29, 1.82) is 0 Å². The first-order valence-electron chi connectivity index (χ1n) is 26.8. The molecule has 0 rings (SSSR count). The zero-order valence-corrected chi connectivity index (χ0v) is 43.3. The van der Waals surface area contributed by atoms with Gasteiger partial charge in [-0.1, -0.05) is 199 Å². The fourth-order valence-corrected chi connectivity index (χ4v) is 6.65. The van der Waals surface area contributed by atoms with E-state index in [4.69, 9.17) is 14.2 Å². The van der Waals surface area contributed by atoms with Crippen LogP contribution in [0.2, 0.25) is 0 Å². The van der Waals surface area contributed by atoms with E-state index in [0.29, 0.717) is 19.3 Å². The van der Waals surface area contributed by atoms with E-state index < -0.39 is 6.10 Å². The van der Waals surface area contributed by atoms with Gasteiger partial charge in [0.05, 0.1) is 0 Å². The summed E-state index contributed by atoms with van der Waals surface area (Å²) in [7, 11) is 0. The Hall–Kier alpha value is -4.71. The second-order valence-corrected chi connectivity index (χ2v) is 17.0. The SMILES string of the molecule is CC/C=C\C/C=C\C/C=C\C/C=C\C/C=C\CCCCCC(=O)OCC(COC(=O)CCCC/C=C\C/C=C\C/C=C\CC)OC(=O)CCCCCCCC/C=C\C/C=C\C/C=C\C/C=C\CC. The van der Waals surface area contributed by atoms with Crippen molar-refractivity contribution in [3.63, 3.8) is 0 Å². The molecule has 6 nitrogen and oxygen atoms in total. The molecule has 0 aromatic heterocycles. The van der Waals surface area contributed by atoms with Gasteiger partial charge in [0.2, 0.25) is 0 Å². The molecule has 0 saturated heterocycles. The van der Waals surface area contributed by atoms with Crippen molar-refractivity contribution >= 4 is 17.9 Å². The summed E-state index contributed by atoms with van der Waals surface area (Å²) in [5.74, 6) is -1.01. The summed E-state index contributed by atoms with van der Waals surface area (Å²) in [6.45, 7) is 6.20. The monoisotopic (exact) mass is 937 g/mol. The van der Waals surface area contributed by atoms with E-state index in [2.05, 4.69) is 167 Å². The molecule has 0 aromatic rings. The molecule has 1 unspecified atom stereocenters. The maximum absolute atomic E-state index is 12.8. The summed E-state index contributed by atoms with van der Waals surface area (Å²) in [6, 6.07) is 0. The Morgan fingerprint density at radius 3 is 0.868 bits per heavy atom. The second-order valence-electron chi connectivity index (χ2n) is 17.0. The van der Waals surface area contributed by atoms with E-state index in [9.17, 15) is 14.4 Å². The topological polar surface area (TPSA) is 78.9 Å². The Labute approximate surface area is 417 Å². The highest BCUT2D eigenvalue weighted by Gasteiger charge is 2.19. The molecule has 68 heavy (non-hydrogen) atoms. The molecule has 0 amide bonds. The van der Waals surface area contributed by atoms with Crippen LogP contribution in [0.1, 0.15) is 207 Å². The van der Waals surface area contributed by atoms with Gasteiger partial charge in [-0.15, -0.1) is 0 Å². The third kappa shape index (κ3) is 52.3. The highest BCUT2D eigenvalue weighted by atomic mass is 16.6. The van der Waals surface area contributed by atoms with Gasteiger partial charge in [-0.3, -0.25) is 14.4 Å². The number of esters is 3. The Kier molecular flexibility index (Phi) is 51.1. The van der Waals surface area contributed by atoms with Crippen LogP contribution in [0, 0.1) is 0 Å². The quantitative estimate of drug-likeness (QED) is 0.0262. The Morgan fingerprint density at radius 2 is 0.529 bits per heavy atom. The van der Waals surface area contributed by atoms with E-state index in [-0.39, 0.29) is 37.5 Å². The fourth-order valence-electron chi connectivity index (χ4n) is 6.65. The molecule has 0 aromatic carbocycles. The summed E-state index contributed by atoms with van der Waals surface area (Å²) >= 11 is 0. The minimum atomic E-state index is -0.822. The average Bonchev–Trinajstić information content (AvgIpc) is 3.34. The molecule has 0 saturated carbocycles. The maximum atomic E-state index is 12.8. The molecule has 0 N–H and O–H groups in total. The highest BCUT2D eigenvalue weighted by molar-refractivity contribution is 5.71. The Bertz CT molecular complexity index is 1540. The number of unbranched alkanes of at least 4 members (excludes halogenated alkanes) is 11. The molecule has 0 aliphatic carbocycles. The van der Waals surface area contributed by atoms with Gasteiger partial charge in [-0.25, -0.2) is 0 Å². The Morgan fingerprint density at radius 1 is 0.294 bits per heavy atom. The van der Waals surface area contributed by atoms with E-state index in [1.54, 1.807) is 0 Å². The van der Waals surface area contributed by atoms with E-state index in [1.165, 1.54) is 12.8 Å². The zero-order valence-electron chi connectivity index (χ0n) is 43.3. The minimum absolute atomic E-state index is 0.120. The zero-order chi connectivity index (χ0) is 49.3. The van der Waals surface area contributed by atoms with Crippen LogP contribution in [0.15, 0.2) is 146 Å². The number of rotatable bonds is 46. The molecule has 0 aliphatic heterocycles. The molecule has 0 spiro atoms. The lowest BCUT2D eigenvalue weighted by molar-refractivity contribution is -0.167. The third-order valence-electron chi connectivity index (χ3n) is 10.6. The number of hydrogen-bond donors (Lipinski definition) is 0. The summed E-state index contributed by atoms with van der Waals surface area (Å²) in [5.41, 5.74) is 0. The molecular formula is C62H96O6. The molecule has 6 heteroatoms. The highest BCUT2D eigenvalue weighted by Crippen LogP contribution is 2.12. The first-order chi connectivity index (χ1) is 33.5. The van der Waals surface area contributed by atoms with Crippen LogP contribution < -0.4 is 0 Å². The van der Waals surface area contributed by atoms with Crippen molar-refractivity contribution in [3.8, 4) is 0 Å². The number of hydrogen-bond acceptors (Lipinski definition) is 6. The predicted octanol–water partition coefficient (Wildman–Crippen LogP) is 18.0. The first kappa shape index (κ1) is 63.3. The number of allylic oxidation sites excluding steroid dienone is 24. The van der Waals surface area contributed by atoms with Crippen LogP contribution in [0.5, 0.6) is 0 Å². The summed E-state index contributed by atoms with van der Waals surface area (Å²) in [5, 5.41) is 0. The van der Waals surface area contributed by atoms with Crippen molar-refractivity contribution in [2.45, 2.75) is 213 Å². The van der Waals surface area contributed by atoms with Gasteiger partial charge in [-0.05, 0) is 135 Å². The van der Waals surface area contributed by atoms with Gasteiger partial charge in [-0.2, -0.15) is 0 Å². The smallest absolute Gasteiger partial charge is 0.306 e. The molecule has 0 heterocycles. The van der Waals surface area contributed by atoms with Crippen molar-refractivity contribution in [2.24, 2.45) is 0 Å². The normalized spacial score (nSPS) is 13.3. The molecule has 0 bridgehead atoms. The van der Waals surface area contributed by atoms with Gasteiger partial charge in [0.25, 0.3) is 0 Å². The number of ether oxygens (including phenoxy) is 3. The summed E-state index contributed by atoms with van der Waals surface area (Å²) in [6.07, 6.45) is 78.4. The van der Waals surface area contributed by atoms with Crippen LogP contribution in [0.3, 0.4) is 0 Å². The average molecular weight is 937 g/mol. The number of carbonyl (C=O) groups is 3. The van der Waals surface area contributed by atoms with Crippen LogP contribution in [-0.2, 0) is 28.6 Å². The van der Waals surface area contributed by atoms with Gasteiger partial charge in [0, 0.05) is 19.3 Å². The van der Waals surface area contributed by atoms with Crippen molar-refractivity contribution in [3.05, 3.63) is 146 Å². The van der Waals surface area contributed by atoms with Crippen molar-refractivity contribution in [1.82, 2.24) is 0 Å². The molecular weight excluding hydrogens is 841 g/mol. The standard InChI is InChI=1S/C62H96O6/c1-4-7-10-13-16-19-22-25-27-29-31-33-35-37-40-43-46-49-52-55-61(64)67-58-59(57-66-60(63)54-51-48-45-42-39-24-21-18-15-12-9-6-3)68-62(65)56-53-50-47-44-41-38-36-34-32-30-28-26-23-20-17-14-11-8-5-2/h7-12,16-21,25-28,31-34,37,39-40,42,59H,4-6,13-15,22-24,29-30,35-36,38,41,43-58H2,1-3H3/b10-7-,11-8-,12-9-,19-16-,20-17-,21-18-,27-25-,28-26-,33-31-,34-32-,40-37-,42-39-. The third-order valence-corrected chi connectivity index (χ3v) is 10.6. The number of carbonyl (C=O) groups excluding carboxylic acids is 3. The molecule has 0 radical (unpaired) electrons.